The third-order valence-electron chi connectivity index (χ3n) is 3.11. The largest absolute Gasteiger partial charge is 0.352 e. The molecule has 0 spiro atoms. The van der Waals surface area contributed by atoms with Gasteiger partial charge in [-0.1, -0.05) is 0 Å². The number of pyridine rings is 1. The first-order chi connectivity index (χ1) is 9.25. The van der Waals surface area contributed by atoms with E-state index in [1.54, 1.807) is 0 Å². The minimum absolute atomic E-state index is 0. The third-order valence-corrected chi connectivity index (χ3v) is 3.11. The Morgan fingerprint density at radius 3 is 2.71 bits per heavy atom. The van der Waals surface area contributed by atoms with Crippen LogP contribution in [0.3, 0.4) is 0 Å². The second-order valence-corrected chi connectivity index (χ2v) is 4.59. The number of carbonyl (C=O) groups is 1. The van der Waals surface area contributed by atoms with Crippen LogP contribution >= 0.6 is 24.8 Å². The SMILES string of the molecule is Cl.Cl.O=C(NCCCN1CCNCC1)c1cncc(F)c1. The van der Waals surface area contributed by atoms with Gasteiger partial charge in [0, 0.05) is 38.9 Å². The summed E-state index contributed by atoms with van der Waals surface area (Å²) in [6, 6.07) is 1.19. The molecular formula is C13H21Cl2FN4O. The number of rotatable bonds is 5. The van der Waals surface area contributed by atoms with E-state index in [1.165, 1.54) is 12.3 Å². The zero-order valence-electron chi connectivity index (χ0n) is 11.7. The van der Waals surface area contributed by atoms with Gasteiger partial charge in [0.25, 0.3) is 5.91 Å². The van der Waals surface area contributed by atoms with E-state index in [1.807, 2.05) is 0 Å². The Balaban J connectivity index is 0.00000200. The standard InChI is InChI=1S/C13H19FN4O.2ClH/c14-12-8-11(9-16-10-12)13(19)17-2-1-5-18-6-3-15-4-7-18;;/h8-10,15H,1-7H2,(H,17,19);2*1H. The number of piperazine rings is 1. The van der Waals surface area contributed by atoms with E-state index < -0.39 is 5.82 Å². The molecule has 0 atom stereocenters. The molecule has 21 heavy (non-hydrogen) atoms. The van der Waals surface area contributed by atoms with Crippen LogP contribution < -0.4 is 10.6 Å². The molecule has 0 aromatic carbocycles. The molecule has 1 aromatic heterocycles. The lowest BCUT2D eigenvalue weighted by Crippen LogP contribution is -2.44. The van der Waals surface area contributed by atoms with Gasteiger partial charge >= 0.3 is 0 Å². The molecule has 2 rings (SSSR count). The Morgan fingerprint density at radius 2 is 2.05 bits per heavy atom. The maximum atomic E-state index is 12.9. The molecule has 120 valence electrons. The maximum absolute atomic E-state index is 12.9. The lowest BCUT2D eigenvalue weighted by Gasteiger charge is -2.27. The molecule has 5 nitrogen and oxygen atoms in total. The van der Waals surface area contributed by atoms with Crippen molar-refractivity contribution < 1.29 is 9.18 Å². The Bertz CT molecular complexity index is 430. The average Bonchev–Trinajstić information content (AvgIpc) is 2.44. The molecule has 2 heterocycles. The highest BCUT2D eigenvalue weighted by molar-refractivity contribution is 5.93. The summed E-state index contributed by atoms with van der Waals surface area (Å²) in [5.74, 6) is -0.763. The molecule has 1 aliphatic rings. The fourth-order valence-corrected chi connectivity index (χ4v) is 2.08. The second-order valence-electron chi connectivity index (χ2n) is 4.59. The predicted octanol–water partition coefficient (Wildman–Crippen LogP) is 1.09. The van der Waals surface area contributed by atoms with E-state index in [4.69, 9.17) is 0 Å². The summed E-state index contributed by atoms with van der Waals surface area (Å²) in [6.45, 7) is 5.74. The lowest BCUT2D eigenvalue weighted by molar-refractivity contribution is 0.0950. The van der Waals surface area contributed by atoms with Crippen LogP contribution in [0, 0.1) is 5.82 Å². The zero-order chi connectivity index (χ0) is 13.5. The van der Waals surface area contributed by atoms with Gasteiger partial charge in [-0.15, -0.1) is 24.8 Å². The van der Waals surface area contributed by atoms with Crippen molar-refractivity contribution in [1.82, 2.24) is 20.5 Å². The molecule has 8 heteroatoms. The van der Waals surface area contributed by atoms with Crippen LogP contribution in [0.25, 0.3) is 0 Å². The Labute approximate surface area is 136 Å². The molecule has 1 aromatic rings. The van der Waals surface area contributed by atoms with Gasteiger partial charge < -0.3 is 15.5 Å². The van der Waals surface area contributed by atoms with E-state index in [9.17, 15) is 9.18 Å². The first-order valence-corrected chi connectivity index (χ1v) is 6.57. The molecule has 1 saturated heterocycles. The van der Waals surface area contributed by atoms with Gasteiger partial charge in [0.05, 0.1) is 11.8 Å². The Kier molecular flexibility index (Phi) is 10.2. The predicted molar refractivity (Wildman–Crippen MR) is 85.0 cm³/mol. The van der Waals surface area contributed by atoms with Gasteiger partial charge in [-0.05, 0) is 19.0 Å². The van der Waals surface area contributed by atoms with Gasteiger partial charge in [0.1, 0.15) is 5.82 Å². The van der Waals surface area contributed by atoms with Crippen molar-refractivity contribution >= 4 is 30.7 Å². The number of hydrogen-bond acceptors (Lipinski definition) is 4. The molecule has 0 radical (unpaired) electrons. The third kappa shape index (κ3) is 7.04. The molecule has 1 fully saturated rings. The van der Waals surface area contributed by atoms with E-state index in [2.05, 4.69) is 20.5 Å². The summed E-state index contributed by atoms with van der Waals surface area (Å²) in [4.78, 5) is 17.7. The number of amides is 1. The van der Waals surface area contributed by atoms with E-state index >= 15 is 0 Å². The lowest BCUT2D eigenvalue weighted by atomic mass is 10.2. The van der Waals surface area contributed by atoms with Crippen molar-refractivity contribution in [3.8, 4) is 0 Å². The number of nitrogens with zero attached hydrogens (tertiary/aromatic N) is 2. The molecule has 1 aliphatic heterocycles. The van der Waals surface area contributed by atoms with Gasteiger partial charge in [-0.2, -0.15) is 0 Å². The highest BCUT2D eigenvalue weighted by Crippen LogP contribution is 2.00. The fraction of sp³-hybridized carbons (Fsp3) is 0.538. The van der Waals surface area contributed by atoms with Crippen LogP contribution in [-0.4, -0.2) is 55.1 Å². The smallest absolute Gasteiger partial charge is 0.252 e. The van der Waals surface area contributed by atoms with Crippen molar-refractivity contribution in [1.29, 1.82) is 0 Å². The van der Waals surface area contributed by atoms with Gasteiger partial charge in [-0.3, -0.25) is 9.78 Å². The molecule has 0 aliphatic carbocycles. The first-order valence-electron chi connectivity index (χ1n) is 6.57. The summed E-state index contributed by atoms with van der Waals surface area (Å²) in [7, 11) is 0. The van der Waals surface area contributed by atoms with E-state index in [0.717, 1.165) is 45.3 Å². The molecule has 0 bridgehead atoms. The maximum Gasteiger partial charge on any atom is 0.252 e. The second kappa shape index (κ2) is 10.7. The summed E-state index contributed by atoms with van der Waals surface area (Å²) >= 11 is 0. The fourth-order valence-electron chi connectivity index (χ4n) is 2.08. The van der Waals surface area contributed by atoms with Crippen molar-refractivity contribution in [2.75, 3.05) is 39.3 Å². The molecular weight excluding hydrogens is 318 g/mol. The minimum Gasteiger partial charge on any atom is -0.352 e. The first kappa shape index (κ1) is 20.1. The van der Waals surface area contributed by atoms with Crippen molar-refractivity contribution in [3.63, 3.8) is 0 Å². The quantitative estimate of drug-likeness (QED) is 0.789. The van der Waals surface area contributed by atoms with E-state index in [-0.39, 0.29) is 36.3 Å². The highest BCUT2D eigenvalue weighted by Gasteiger charge is 2.09. The summed E-state index contributed by atoms with van der Waals surface area (Å²) in [5.41, 5.74) is 0.266. The molecule has 1 amide bonds. The number of aromatic nitrogens is 1. The van der Waals surface area contributed by atoms with Gasteiger partial charge in [0.2, 0.25) is 0 Å². The van der Waals surface area contributed by atoms with Crippen LogP contribution in [0.4, 0.5) is 4.39 Å². The molecule has 0 saturated carbocycles. The number of halogens is 3. The van der Waals surface area contributed by atoms with Gasteiger partial charge in [0.15, 0.2) is 0 Å². The van der Waals surface area contributed by atoms with Crippen LogP contribution in [0.1, 0.15) is 16.8 Å². The van der Waals surface area contributed by atoms with Crippen LogP contribution in [0.2, 0.25) is 0 Å². The van der Waals surface area contributed by atoms with Crippen LogP contribution in [0.15, 0.2) is 18.5 Å². The van der Waals surface area contributed by atoms with Crippen molar-refractivity contribution in [2.45, 2.75) is 6.42 Å². The topological polar surface area (TPSA) is 57.3 Å². The van der Waals surface area contributed by atoms with Crippen LogP contribution in [0.5, 0.6) is 0 Å². The molecule has 0 unspecified atom stereocenters. The highest BCUT2D eigenvalue weighted by atomic mass is 35.5. The number of carbonyl (C=O) groups excluding carboxylic acids is 1. The van der Waals surface area contributed by atoms with Gasteiger partial charge in [-0.25, -0.2) is 4.39 Å². The Hall–Kier alpha value is -0.950. The summed E-state index contributed by atoms with van der Waals surface area (Å²) in [6.07, 6.45) is 3.35. The van der Waals surface area contributed by atoms with Crippen molar-refractivity contribution in [2.24, 2.45) is 0 Å². The molecule has 2 N–H and O–H groups in total. The monoisotopic (exact) mass is 338 g/mol. The zero-order valence-corrected chi connectivity index (χ0v) is 13.3. The minimum atomic E-state index is -0.492. The number of hydrogen-bond donors (Lipinski definition) is 2. The van der Waals surface area contributed by atoms with Crippen LogP contribution in [-0.2, 0) is 0 Å². The number of nitrogens with one attached hydrogen (secondary N) is 2. The van der Waals surface area contributed by atoms with E-state index in [0.29, 0.717) is 6.54 Å². The average molecular weight is 339 g/mol. The van der Waals surface area contributed by atoms with Crippen molar-refractivity contribution in [3.05, 3.63) is 29.8 Å². The summed E-state index contributed by atoms with van der Waals surface area (Å²) in [5, 5.41) is 6.07. The summed E-state index contributed by atoms with van der Waals surface area (Å²) < 4.78 is 12.9. The Morgan fingerprint density at radius 1 is 1.33 bits per heavy atom. The normalized spacial score (nSPS) is 14.7.